The molecule has 32 heavy (non-hydrogen) atoms. The number of nitriles is 1. The maximum atomic E-state index is 13.5. The van der Waals surface area contributed by atoms with Gasteiger partial charge in [0.1, 0.15) is 5.54 Å². The molecule has 0 bridgehead atoms. The molecule has 8 nitrogen and oxygen atoms in total. The van der Waals surface area contributed by atoms with E-state index in [1.807, 2.05) is 0 Å². The van der Waals surface area contributed by atoms with Gasteiger partial charge in [0.15, 0.2) is 0 Å². The topological polar surface area (TPSA) is 112 Å². The molecular weight excluding hydrogens is 406 g/mol. The predicted molar refractivity (Wildman–Crippen MR) is 125 cm³/mol. The van der Waals surface area contributed by atoms with Crippen LogP contribution in [0.5, 0.6) is 0 Å². The van der Waals surface area contributed by atoms with E-state index in [9.17, 15) is 14.9 Å². The summed E-state index contributed by atoms with van der Waals surface area (Å²) in [4.78, 5) is 29.5. The third kappa shape index (κ3) is 7.63. The lowest BCUT2D eigenvalue weighted by molar-refractivity contribution is -0.132. The number of nitrogens with zero attached hydrogens (tertiary/aromatic N) is 3. The summed E-state index contributed by atoms with van der Waals surface area (Å²) in [5, 5.41) is 13.1. The van der Waals surface area contributed by atoms with Gasteiger partial charge >= 0.3 is 6.03 Å². The molecule has 0 aromatic carbocycles. The smallest absolute Gasteiger partial charge is 0.315 e. The normalized spacial score (nSPS) is 22.7. The van der Waals surface area contributed by atoms with Crippen LogP contribution in [0.15, 0.2) is 0 Å². The fourth-order valence-electron chi connectivity index (χ4n) is 4.81. The van der Waals surface area contributed by atoms with Crippen molar-refractivity contribution in [3.05, 3.63) is 0 Å². The SMILES string of the molecule is CCCCCCN1CCC(C#N)(NC(=O)C(CC(C)(C)C)C2COCCN2C(N)=O)CC1. The average Bonchev–Trinajstić information content (AvgIpc) is 2.75. The first-order valence-corrected chi connectivity index (χ1v) is 12.2. The zero-order valence-electron chi connectivity index (χ0n) is 20.5. The number of urea groups is 1. The predicted octanol–water partition coefficient (Wildman–Crippen LogP) is 2.87. The number of unbranched alkanes of at least 4 members (excludes halogenated alkanes) is 3. The number of hydrogen-bond donors (Lipinski definition) is 2. The second-order valence-electron chi connectivity index (χ2n) is 10.6. The molecule has 0 spiro atoms. The molecule has 0 aromatic rings. The van der Waals surface area contributed by atoms with Crippen LogP contribution in [0.25, 0.3) is 0 Å². The van der Waals surface area contributed by atoms with E-state index in [0.29, 0.717) is 32.4 Å². The van der Waals surface area contributed by atoms with Gasteiger partial charge in [-0.3, -0.25) is 4.79 Å². The number of hydrogen-bond acceptors (Lipinski definition) is 5. The van der Waals surface area contributed by atoms with Gasteiger partial charge in [-0.1, -0.05) is 47.0 Å². The van der Waals surface area contributed by atoms with E-state index in [2.05, 4.69) is 44.0 Å². The first-order chi connectivity index (χ1) is 15.1. The number of morpholine rings is 1. The molecular formula is C24H43N5O3. The van der Waals surface area contributed by atoms with Gasteiger partial charge in [-0.15, -0.1) is 0 Å². The number of nitrogens with two attached hydrogens (primary N) is 1. The maximum absolute atomic E-state index is 13.5. The van der Waals surface area contributed by atoms with Crippen molar-refractivity contribution in [1.82, 2.24) is 15.1 Å². The molecule has 182 valence electrons. The van der Waals surface area contributed by atoms with E-state index in [4.69, 9.17) is 10.5 Å². The number of primary amides is 1. The molecule has 2 rings (SSSR count). The summed E-state index contributed by atoms with van der Waals surface area (Å²) >= 11 is 0. The molecule has 8 heteroatoms. The molecule has 0 radical (unpaired) electrons. The fraction of sp³-hybridized carbons (Fsp3) is 0.875. The summed E-state index contributed by atoms with van der Waals surface area (Å²) in [5.74, 6) is -0.667. The second-order valence-corrected chi connectivity index (χ2v) is 10.6. The van der Waals surface area contributed by atoms with Gasteiger partial charge < -0.3 is 25.6 Å². The number of amides is 3. The Bertz CT molecular complexity index is 662. The Kier molecular flexibility index (Phi) is 9.78. The Hall–Kier alpha value is -1.85. The molecule has 0 aromatic heterocycles. The molecule has 3 amide bonds. The van der Waals surface area contributed by atoms with Crippen molar-refractivity contribution in [3.63, 3.8) is 0 Å². The van der Waals surface area contributed by atoms with Crippen molar-refractivity contribution < 1.29 is 14.3 Å². The van der Waals surface area contributed by atoms with Crippen molar-refractivity contribution in [1.29, 1.82) is 5.26 Å². The van der Waals surface area contributed by atoms with Gasteiger partial charge in [0.05, 0.1) is 31.2 Å². The largest absolute Gasteiger partial charge is 0.377 e. The minimum absolute atomic E-state index is 0.134. The molecule has 2 heterocycles. The van der Waals surface area contributed by atoms with Gasteiger partial charge in [-0.25, -0.2) is 4.79 Å². The van der Waals surface area contributed by atoms with Gasteiger partial charge in [-0.2, -0.15) is 5.26 Å². The highest BCUT2D eigenvalue weighted by Gasteiger charge is 2.43. The summed E-state index contributed by atoms with van der Waals surface area (Å²) in [6.45, 7) is 12.2. The fourth-order valence-corrected chi connectivity index (χ4v) is 4.81. The molecule has 0 aliphatic carbocycles. The molecule has 2 aliphatic rings. The molecule has 2 saturated heterocycles. The van der Waals surface area contributed by atoms with Crippen LogP contribution in [-0.4, -0.2) is 72.7 Å². The average molecular weight is 450 g/mol. The van der Waals surface area contributed by atoms with Crippen LogP contribution in [0.1, 0.15) is 72.6 Å². The molecule has 2 unspecified atom stereocenters. The highest BCUT2D eigenvalue weighted by Crippen LogP contribution is 2.31. The van der Waals surface area contributed by atoms with E-state index in [0.717, 1.165) is 19.6 Å². The van der Waals surface area contributed by atoms with Crippen molar-refractivity contribution in [2.24, 2.45) is 17.1 Å². The maximum Gasteiger partial charge on any atom is 0.315 e. The third-order valence-corrected chi connectivity index (χ3v) is 6.70. The molecule has 2 atom stereocenters. The van der Waals surface area contributed by atoms with Crippen LogP contribution in [0.2, 0.25) is 0 Å². The zero-order chi connectivity index (χ0) is 23.8. The number of ether oxygens (including phenoxy) is 1. The van der Waals surface area contributed by atoms with E-state index < -0.39 is 23.5 Å². The van der Waals surface area contributed by atoms with E-state index in [1.165, 1.54) is 25.7 Å². The van der Waals surface area contributed by atoms with Gasteiger partial charge in [0.25, 0.3) is 0 Å². The van der Waals surface area contributed by atoms with E-state index in [1.54, 1.807) is 4.90 Å². The lowest BCUT2D eigenvalue weighted by atomic mass is 9.79. The quantitative estimate of drug-likeness (QED) is 0.526. The third-order valence-electron chi connectivity index (χ3n) is 6.70. The van der Waals surface area contributed by atoms with Crippen LogP contribution < -0.4 is 11.1 Å². The van der Waals surface area contributed by atoms with Crippen molar-refractivity contribution >= 4 is 11.9 Å². The highest BCUT2D eigenvalue weighted by molar-refractivity contribution is 5.82. The molecule has 0 saturated carbocycles. The van der Waals surface area contributed by atoms with Gasteiger partial charge in [0.2, 0.25) is 5.91 Å². The minimum atomic E-state index is -0.861. The van der Waals surface area contributed by atoms with E-state index in [-0.39, 0.29) is 17.9 Å². The van der Waals surface area contributed by atoms with E-state index >= 15 is 0 Å². The number of likely N-dealkylation sites (tertiary alicyclic amines) is 1. The first kappa shape index (κ1) is 26.4. The standard InChI is InChI=1S/C24H43N5O3/c1-5-6-7-8-11-28-12-9-24(18-25,10-13-28)27-21(30)19(16-23(2,3)4)20-17-32-15-14-29(20)22(26)31/h19-20H,5-17H2,1-4H3,(H2,26,31)(H,27,30). The van der Waals surface area contributed by atoms with Gasteiger partial charge in [-0.05, 0) is 37.6 Å². The van der Waals surface area contributed by atoms with Crippen LogP contribution in [0.4, 0.5) is 4.79 Å². The second kappa shape index (κ2) is 11.9. The number of carbonyl (C=O) groups excluding carboxylic acids is 2. The zero-order valence-corrected chi connectivity index (χ0v) is 20.5. The van der Waals surface area contributed by atoms with Crippen molar-refractivity contribution in [2.45, 2.75) is 84.2 Å². The highest BCUT2D eigenvalue weighted by atomic mass is 16.5. The summed E-state index contributed by atoms with van der Waals surface area (Å²) in [6, 6.07) is 1.45. The van der Waals surface area contributed by atoms with Crippen molar-refractivity contribution in [3.8, 4) is 6.07 Å². The molecule has 3 N–H and O–H groups in total. The first-order valence-electron chi connectivity index (χ1n) is 12.2. The van der Waals surface area contributed by atoms with Gasteiger partial charge in [0, 0.05) is 19.6 Å². The Morgan fingerprint density at radius 2 is 1.91 bits per heavy atom. The Labute approximate surface area is 193 Å². The summed E-state index contributed by atoms with van der Waals surface area (Å²) in [5.41, 5.74) is 4.62. The Morgan fingerprint density at radius 3 is 2.47 bits per heavy atom. The minimum Gasteiger partial charge on any atom is -0.377 e. The Balaban J connectivity index is 2.07. The molecule has 2 aliphatic heterocycles. The Morgan fingerprint density at radius 1 is 1.22 bits per heavy atom. The van der Waals surface area contributed by atoms with Crippen molar-refractivity contribution in [2.75, 3.05) is 39.4 Å². The molecule has 2 fully saturated rings. The lowest BCUT2D eigenvalue weighted by Crippen LogP contribution is -2.61. The van der Waals surface area contributed by atoms with Crippen LogP contribution in [0, 0.1) is 22.7 Å². The summed E-state index contributed by atoms with van der Waals surface area (Å²) < 4.78 is 5.62. The number of nitrogens with one attached hydrogen (secondary N) is 1. The van der Waals surface area contributed by atoms with Crippen LogP contribution in [0.3, 0.4) is 0 Å². The number of rotatable bonds is 9. The van der Waals surface area contributed by atoms with Crippen LogP contribution >= 0.6 is 0 Å². The lowest BCUT2D eigenvalue weighted by Gasteiger charge is -2.43. The summed E-state index contributed by atoms with van der Waals surface area (Å²) in [7, 11) is 0. The monoisotopic (exact) mass is 449 g/mol. The number of carbonyl (C=O) groups is 2. The number of piperidine rings is 1. The summed E-state index contributed by atoms with van der Waals surface area (Å²) in [6.07, 6.45) is 6.70. The van der Waals surface area contributed by atoms with Crippen LogP contribution in [-0.2, 0) is 9.53 Å².